The van der Waals surface area contributed by atoms with Crippen LogP contribution in [0.4, 0.5) is 0 Å². The molecule has 0 N–H and O–H groups in total. The number of hydrogen-bond donors (Lipinski definition) is 0. The van der Waals surface area contributed by atoms with Crippen molar-refractivity contribution in [2.75, 3.05) is 0 Å². The molecule has 0 radical (unpaired) electrons. The van der Waals surface area contributed by atoms with Gasteiger partial charge in [-0.3, -0.25) is 0 Å². The van der Waals surface area contributed by atoms with Crippen LogP contribution in [0.1, 0.15) is 0 Å². The van der Waals surface area contributed by atoms with Gasteiger partial charge in [-0.2, -0.15) is 0 Å². The third-order valence-corrected chi connectivity index (χ3v) is 0. The normalized spacial score (nSPS) is 0. The summed E-state index contributed by atoms with van der Waals surface area (Å²) in [5.74, 6) is 0. The molecule has 0 spiro atoms. The van der Waals surface area contributed by atoms with Gasteiger partial charge in [-0.15, -0.1) is 0 Å². The Morgan fingerprint density at radius 3 is 0.250 bits per heavy atom. The summed E-state index contributed by atoms with van der Waals surface area (Å²) in [5, 5.41) is 0. The summed E-state index contributed by atoms with van der Waals surface area (Å²) in [7, 11) is 0. The summed E-state index contributed by atoms with van der Waals surface area (Å²) >= 11 is 0. The molecular weight excluding hydrogens is 602 g/mol. The second-order valence-corrected chi connectivity index (χ2v) is 0. The van der Waals surface area contributed by atoms with E-state index in [0.717, 1.165) is 0 Å². The fourth-order valence-corrected chi connectivity index (χ4v) is 0. The van der Waals surface area contributed by atoms with Crippen LogP contribution in [0.25, 0.3) is 0 Å². The molecule has 0 rings (SSSR count). The maximum Gasteiger partial charge on any atom is 0 e. The van der Waals surface area contributed by atoms with Gasteiger partial charge in [0, 0.05) is 58.3 Å². The number of hydrogen-bond acceptors (Lipinski definition) is 0. The first-order chi connectivity index (χ1) is 0. The van der Waals surface area contributed by atoms with Crippen molar-refractivity contribution in [1.82, 2.24) is 0 Å². The Bertz CT molecular complexity index is 6.49. The van der Waals surface area contributed by atoms with Gasteiger partial charge in [0.25, 0.3) is 0 Å². The van der Waals surface area contributed by atoms with Crippen LogP contribution in [0, 0.1) is 58.3 Å². The van der Waals surface area contributed by atoms with Crippen molar-refractivity contribution in [2.45, 2.75) is 0 Å². The summed E-state index contributed by atoms with van der Waals surface area (Å²) in [6.45, 7) is 0. The third kappa shape index (κ3) is 134. The molecule has 0 aliphatic carbocycles. The van der Waals surface area contributed by atoms with E-state index in [-0.39, 0.29) is 86.6 Å². The zero-order chi connectivity index (χ0) is 0. The molecule has 60 valence electrons. The number of rotatable bonds is 0. The van der Waals surface area contributed by atoms with E-state index in [1.807, 2.05) is 0 Å². The van der Waals surface area contributed by atoms with E-state index < -0.39 is 0 Å². The van der Waals surface area contributed by atoms with Crippen molar-refractivity contribution in [2.24, 2.45) is 0 Å². The Morgan fingerprint density at radius 1 is 0.250 bits per heavy atom. The van der Waals surface area contributed by atoms with Crippen molar-refractivity contribution in [3.63, 3.8) is 0 Å². The van der Waals surface area contributed by atoms with E-state index in [1.54, 1.807) is 0 Å². The van der Waals surface area contributed by atoms with Crippen LogP contribution in [0.2, 0.25) is 0 Å². The molecule has 0 bridgehead atoms. The van der Waals surface area contributed by atoms with E-state index in [1.165, 1.54) is 0 Å². The van der Waals surface area contributed by atoms with Crippen molar-refractivity contribution in [1.29, 1.82) is 0 Å². The van der Waals surface area contributed by atoms with Gasteiger partial charge >= 0.3 is 0 Å². The Labute approximate surface area is 85.8 Å². The van der Waals surface area contributed by atoms with Crippen LogP contribution in [-0.2, 0) is 0 Å². The minimum absolute atomic E-state index is 0. The van der Waals surface area contributed by atoms with E-state index >= 15 is 0 Å². The van der Waals surface area contributed by atoms with Crippen molar-refractivity contribution in [3.8, 4) is 0 Å². The molecule has 0 saturated heterocycles. The average Bonchev–Trinajstić information content (AvgIpc) is 0. The van der Waals surface area contributed by atoms with Crippen LogP contribution in [0.5, 0.6) is 0 Å². The maximum atomic E-state index is 0. The van der Waals surface area contributed by atoms with Crippen LogP contribution >= 0.6 is 0 Å². The molecule has 0 aromatic carbocycles. The van der Waals surface area contributed by atoms with Gasteiger partial charge in [0.15, 0.2) is 0 Å². The summed E-state index contributed by atoms with van der Waals surface area (Å²) < 4.78 is 0. The van der Waals surface area contributed by atoms with Crippen LogP contribution < -0.4 is 28.2 Å². The topological polar surface area (TPSA) is 0 Å². The maximum absolute atomic E-state index is 0. The van der Waals surface area contributed by atoms with E-state index in [2.05, 4.69) is 0 Å². The first-order valence-corrected chi connectivity index (χ1v) is 0. The Balaban J connectivity index is 0. The molecule has 0 aliphatic heterocycles. The number of halogens is 6. The molecule has 0 aromatic heterocycles. The molecule has 0 aliphatic rings. The van der Waals surface area contributed by atoms with E-state index in [0.29, 0.717) is 0 Å². The Morgan fingerprint density at radius 2 is 0.250 bits per heavy atom. The molecular formula is F6Pu2-6. The van der Waals surface area contributed by atoms with Gasteiger partial charge in [-0.05, 0) is 0 Å². The van der Waals surface area contributed by atoms with Crippen molar-refractivity contribution in [3.05, 3.63) is 0 Å². The largest absolute Gasteiger partial charge is 1.00 e. The molecule has 0 fully saturated rings. The standard InChI is InChI=1S/6FH.2Pu/h6*1H;;/p-6. The van der Waals surface area contributed by atoms with Gasteiger partial charge in [-0.25, -0.2) is 0 Å². The fourth-order valence-electron chi connectivity index (χ4n) is 0. The minimum Gasteiger partial charge on any atom is -1.00 e. The van der Waals surface area contributed by atoms with Gasteiger partial charge in [0.2, 0.25) is 0 Å². The second-order valence-electron chi connectivity index (χ2n) is 0. The summed E-state index contributed by atoms with van der Waals surface area (Å²) in [6.07, 6.45) is 0. The Hall–Kier alpha value is 1.55. The third-order valence-electron chi connectivity index (χ3n) is 0. The molecule has 0 atom stereocenters. The molecule has 0 aromatic rings. The SMILES string of the molecule is [F-].[F-].[F-].[F-].[F-].[F-].[Pu].[Pu]. The van der Waals surface area contributed by atoms with Gasteiger partial charge in [-0.1, -0.05) is 0 Å². The molecule has 0 heterocycles. The molecule has 8 heavy (non-hydrogen) atoms. The first kappa shape index (κ1) is 289. The van der Waals surface area contributed by atoms with Gasteiger partial charge in [0.05, 0.1) is 0 Å². The molecule has 0 nitrogen and oxygen atoms in total. The predicted molar refractivity (Wildman–Crippen MR) is 0 cm³/mol. The summed E-state index contributed by atoms with van der Waals surface area (Å²) in [5.41, 5.74) is 0. The summed E-state index contributed by atoms with van der Waals surface area (Å²) in [4.78, 5) is 0. The van der Waals surface area contributed by atoms with Crippen LogP contribution in [0.15, 0.2) is 0 Å². The van der Waals surface area contributed by atoms with Crippen LogP contribution in [-0.4, -0.2) is 0 Å². The van der Waals surface area contributed by atoms with E-state index in [9.17, 15) is 0 Å². The zero-order valence-electron chi connectivity index (χ0n) is 3.08. The monoisotopic (exact) mass is 590 g/mol. The molecule has 0 saturated carbocycles. The zero-order valence-corrected chi connectivity index (χ0v) is 9.88. The van der Waals surface area contributed by atoms with Gasteiger partial charge in [0.1, 0.15) is 0 Å². The predicted octanol–water partition coefficient (Wildman–Crippen LogP) is -18.0. The van der Waals surface area contributed by atoms with Crippen LogP contribution in [0.3, 0.4) is 0 Å². The average molecular weight is 602 g/mol. The quantitative estimate of drug-likeness (QED) is 0.242. The molecule has 8 heteroatoms. The smallest absolute Gasteiger partial charge is 0 e. The van der Waals surface area contributed by atoms with Crippen molar-refractivity contribution < 1.29 is 86.6 Å². The second kappa shape index (κ2) is 202. The molecule has 0 amide bonds. The van der Waals surface area contributed by atoms with Crippen molar-refractivity contribution >= 4 is 0 Å². The fraction of sp³-hybridized carbons (Fsp3) is 0. The summed E-state index contributed by atoms with van der Waals surface area (Å²) in [6, 6.07) is 0. The van der Waals surface area contributed by atoms with Gasteiger partial charge < -0.3 is 28.2 Å². The van der Waals surface area contributed by atoms with E-state index in [4.69, 9.17) is 0 Å². The Kier molecular flexibility index (Phi) is 7310. The minimum atomic E-state index is 0. The molecule has 0 unspecified atom stereocenters. The first-order valence-electron chi connectivity index (χ1n) is 0.